The molecular weight excluding hydrogens is 1360 g/mol. The van der Waals surface area contributed by atoms with Crippen molar-refractivity contribution in [3.63, 3.8) is 0 Å². The zero-order chi connectivity index (χ0) is 85.9. The molecule has 0 amide bonds. The second-order valence-corrected chi connectivity index (χ2v) is 27.9. The number of rotatable bonds is 15. The summed E-state index contributed by atoms with van der Waals surface area (Å²) in [7, 11) is 124. The molecular formula is C86H46B30. The van der Waals surface area contributed by atoms with E-state index in [4.69, 9.17) is 157 Å². The summed E-state index contributed by atoms with van der Waals surface area (Å²) in [5, 5.41) is 4.99. The van der Waals surface area contributed by atoms with Gasteiger partial charge in [-0.05, 0) is 320 Å². The van der Waals surface area contributed by atoms with Gasteiger partial charge in [-0.3, -0.25) is 0 Å². The predicted octanol–water partition coefficient (Wildman–Crippen LogP) is -1.12. The number of aryl methyl sites for hydroxylation is 6. The third kappa shape index (κ3) is 16.8. The molecule has 0 aliphatic rings. The molecule has 480 valence electrons. The van der Waals surface area contributed by atoms with Crippen molar-refractivity contribution >= 4 is 303 Å². The Bertz CT molecular complexity index is 6640. The molecule has 116 heavy (non-hydrogen) atoms. The molecule has 30 heteroatoms. The summed E-state index contributed by atoms with van der Waals surface area (Å²) in [4.78, 5) is 0. The van der Waals surface area contributed by atoms with Gasteiger partial charge in [0.15, 0.2) is 0 Å². The first-order chi connectivity index (χ1) is 55.2. The maximum atomic E-state index is 7.92. The largest absolute Gasteiger partial charge is 0.115 e. The number of hydrogen-bond acceptors (Lipinski definition) is 0. The van der Waals surface area contributed by atoms with Crippen LogP contribution in [0.1, 0.15) is 121 Å². The Morgan fingerprint density at radius 1 is 0.267 bits per heavy atom. The quantitative estimate of drug-likeness (QED) is 0.0530. The van der Waals surface area contributed by atoms with E-state index in [1.807, 2.05) is 55.4 Å². The van der Waals surface area contributed by atoms with Crippen LogP contribution in [0.5, 0.6) is 0 Å². The highest BCUT2D eigenvalue weighted by Crippen LogP contribution is 2.55. The van der Waals surface area contributed by atoms with Crippen LogP contribution in [0.4, 0.5) is 0 Å². The van der Waals surface area contributed by atoms with E-state index in [1.54, 1.807) is 27.7 Å². The lowest BCUT2D eigenvalue weighted by Gasteiger charge is -2.42. The van der Waals surface area contributed by atoms with Crippen molar-refractivity contribution in [1.29, 1.82) is 0 Å². The van der Waals surface area contributed by atoms with Gasteiger partial charge in [-0.25, -0.2) is 0 Å². The van der Waals surface area contributed by atoms with Crippen molar-refractivity contribution in [1.82, 2.24) is 0 Å². The molecule has 0 unspecified atom stereocenters. The summed E-state index contributed by atoms with van der Waals surface area (Å²) >= 11 is 0. The van der Waals surface area contributed by atoms with E-state index in [9.17, 15) is 0 Å². The van der Waals surface area contributed by atoms with Gasteiger partial charge in [-0.15, -0.1) is 42.5 Å². The Kier molecular flexibility index (Phi) is 31.0. The fraction of sp³-hybridized carbons (Fsp3) is 0.163. The lowest BCUT2D eigenvalue weighted by molar-refractivity contribution is 1.24. The molecule has 8 rings (SSSR count). The van der Waals surface area contributed by atoms with Crippen LogP contribution in [0.25, 0.3) is 76.1 Å². The minimum Gasteiger partial charge on any atom is -0.115 e. The molecule has 0 N–H and O–H groups in total. The van der Waals surface area contributed by atoms with Crippen LogP contribution in [0.3, 0.4) is 0 Å². The van der Waals surface area contributed by atoms with Crippen LogP contribution >= 0.6 is 0 Å². The standard InChI is InChI=1S/C86H46B30/c1-19-26-31-34-36-38-41-45-61-58(17)67-57(16)60(25-7)62(43-24-6)63(44-30-23-5)74(67)75-65(46-39-29-22-4)64(47-40-33-28-21-3)73(66(72(61)75)48-42-37-35-32-27-20-2)76-68-53(12)49(8)51(10)55(14)70(68)77(71-56(15)52(11)50(9)54(13)69(71)76)78-79-80(81(87)59(18)82(78)106(90)91)84(110(115(101)102)116(103)105-89)86(109(113(97)98)114(99)100)85(108(104-88)112(95)96)83(79)107(92)111(93)94/h2-3,5,7H,1,4,6,8-18H3. The van der Waals surface area contributed by atoms with Gasteiger partial charge < -0.3 is 0 Å². The highest BCUT2D eigenvalue weighted by Gasteiger charge is 2.43. The Balaban J connectivity index is 2.10. The van der Waals surface area contributed by atoms with Gasteiger partial charge in [0.2, 0.25) is 0 Å². The van der Waals surface area contributed by atoms with Crippen molar-refractivity contribution in [2.75, 3.05) is 0 Å². The van der Waals surface area contributed by atoms with Crippen LogP contribution in [-0.2, 0) is 0 Å². The minimum atomic E-state index is -1.44. The monoisotopic (exact) mass is 1410 g/mol. The third-order valence-electron chi connectivity index (χ3n) is 21.8. The molecule has 0 heterocycles. The highest BCUT2D eigenvalue weighted by atomic mass is 14.4. The fourth-order valence-corrected chi connectivity index (χ4v) is 16.2. The van der Waals surface area contributed by atoms with E-state index in [2.05, 4.69) is 191 Å². The second-order valence-electron chi connectivity index (χ2n) is 27.9. The number of benzene rings is 8. The van der Waals surface area contributed by atoms with Gasteiger partial charge in [0.05, 0.1) is 54.7 Å². The first-order valence-corrected chi connectivity index (χ1v) is 36.6. The molecule has 8 aromatic rings. The average molecular weight is 1400 g/mol. The van der Waals surface area contributed by atoms with E-state index in [0.29, 0.717) is 121 Å². The van der Waals surface area contributed by atoms with Gasteiger partial charge >= 0.3 is 0 Å². The molecule has 8 aromatic carbocycles. The zero-order valence-electron chi connectivity index (χ0n) is 67.6. The summed E-state index contributed by atoms with van der Waals surface area (Å²) in [5.74, 6) is 89.4. The summed E-state index contributed by atoms with van der Waals surface area (Å²) < 4.78 is 0. The SMILES string of the molecule is [B][B]B([B])B(B([B])[B])c1c(B(B([B])[B])B([B])[B])c(B([B][B])B([B])[B])c(B([B])B([B])[B])c2c(-c3c4c(C)c(C)c(C)c(C)c4c(-c4c(C#CC#CC#C)c(C#CC#CC)c5c(c4C#CC#CC#CC#C)c(C#CC#CC#CC#CC)c(C)c4c(C)c(C#C)c(C#CC)c(C#CC#C)c45)c4c(C)c(C)c(C)c(C)c34)c(B([B])[B])c(C)c([B])c12. The minimum absolute atomic E-state index is 0.0893. The van der Waals surface area contributed by atoms with Crippen LogP contribution in [0.2, 0.25) is 0 Å². The smallest absolute Gasteiger partial charge is 0.114 e. The molecule has 0 saturated carbocycles. The van der Waals surface area contributed by atoms with Crippen molar-refractivity contribution in [2.45, 2.75) is 96.9 Å². The summed E-state index contributed by atoms with van der Waals surface area (Å²) in [6.45, 7) is 20.5. The first kappa shape index (κ1) is 91.1. The Labute approximate surface area is 720 Å². The lowest BCUT2D eigenvalue weighted by Crippen LogP contribution is -2.80. The molecule has 0 bridgehead atoms. The zero-order valence-corrected chi connectivity index (χ0v) is 67.6. The Morgan fingerprint density at radius 3 is 1.11 bits per heavy atom. The van der Waals surface area contributed by atoms with Crippen molar-refractivity contribution in [3.8, 4) is 226 Å². The van der Waals surface area contributed by atoms with Crippen molar-refractivity contribution in [2.24, 2.45) is 0 Å². The highest BCUT2D eigenvalue weighted by molar-refractivity contribution is 7.89. The summed E-state index contributed by atoms with van der Waals surface area (Å²) in [6, 6.07) is 0. The summed E-state index contributed by atoms with van der Waals surface area (Å²) in [5.41, 5.74) is 13.8. The Hall–Kier alpha value is -10.5. The van der Waals surface area contributed by atoms with Gasteiger partial charge in [0.25, 0.3) is 0 Å². The van der Waals surface area contributed by atoms with Crippen molar-refractivity contribution in [3.05, 3.63) is 100 Å². The number of terminal acetylenes is 4. The van der Waals surface area contributed by atoms with E-state index in [-0.39, 0.29) is 43.6 Å². The lowest BCUT2D eigenvalue weighted by atomic mass is 8.66. The molecule has 0 spiro atoms. The first-order valence-electron chi connectivity index (χ1n) is 36.6. The maximum Gasteiger partial charge on any atom is 0.114 e. The normalized spacial score (nSPS) is 9.47. The Morgan fingerprint density at radius 2 is 0.672 bits per heavy atom. The molecule has 0 aromatic heterocycles. The molecule has 0 nitrogen and oxygen atoms in total. The molecule has 0 aliphatic carbocycles. The van der Waals surface area contributed by atoms with Crippen LogP contribution in [0.15, 0.2) is 0 Å². The topological polar surface area (TPSA) is 0 Å². The molecule has 36 radical (unpaired) electrons. The fourth-order valence-electron chi connectivity index (χ4n) is 16.2. The van der Waals surface area contributed by atoms with Gasteiger partial charge in [-0.2, -0.15) is 0 Å². The van der Waals surface area contributed by atoms with Gasteiger partial charge in [0.1, 0.15) is 7.85 Å². The molecule has 0 saturated heterocycles. The van der Waals surface area contributed by atoms with Crippen molar-refractivity contribution < 1.29 is 0 Å². The van der Waals surface area contributed by atoms with E-state index in [1.165, 1.54) is 14.1 Å². The van der Waals surface area contributed by atoms with E-state index < -0.39 is 70.8 Å². The van der Waals surface area contributed by atoms with E-state index >= 15 is 0 Å². The van der Waals surface area contributed by atoms with Crippen LogP contribution < -0.4 is 32.8 Å². The van der Waals surface area contributed by atoms with E-state index in [0.717, 1.165) is 44.5 Å². The average Bonchev–Trinajstić information content (AvgIpc) is 0.675. The number of fused-ring (bicyclic) bond motifs is 6. The van der Waals surface area contributed by atoms with Gasteiger partial charge in [-0.1, -0.05) is 80.7 Å². The molecule has 0 aliphatic heterocycles. The third-order valence-corrected chi connectivity index (χ3v) is 21.8. The van der Waals surface area contributed by atoms with Crippen LogP contribution in [-0.4, -0.2) is 217 Å². The molecule has 0 fully saturated rings. The second kappa shape index (κ2) is 39.4. The summed E-state index contributed by atoms with van der Waals surface area (Å²) in [6.07, 6.45) is 16.2. The molecule has 0 atom stereocenters. The number of hydrogen-bond donors (Lipinski definition) is 0. The predicted molar refractivity (Wildman–Crippen MR) is 535 cm³/mol. The van der Waals surface area contributed by atoms with Crippen LogP contribution in [0, 0.1) is 279 Å². The van der Waals surface area contributed by atoms with Gasteiger partial charge in [0, 0.05) is 220 Å². The maximum absolute atomic E-state index is 7.92.